The number of phosphoric ester groups is 1. The fourth-order valence-corrected chi connectivity index (χ4v) is 6.43. The van der Waals surface area contributed by atoms with Crippen molar-refractivity contribution in [2.45, 2.75) is 179 Å². The second kappa shape index (κ2) is 35.1. The highest BCUT2D eigenvalue weighted by molar-refractivity contribution is 7.47. The van der Waals surface area contributed by atoms with Gasteiger partial charge in [0.1, 0.15) is 12.6 Å². The molecule has 1 aliphatic rings. The van der Waals surface area contributed by atoms with Crippen LogP contribution in [0.5, 0.6) is 0 Å². The van der Waals surface area contributed by atoms with Crippen molar-refractivity contribution in [3.8, 4) is 0 Å². The minimum absolute atomic E-state index is 0.124. The fourth-order valence-electron chi connectivity index (χ4n) is 5.65. The zero-order valence-electron chi connectivity index (χ0n) is 34.9. The van der Waals surface area contributed by atoms with Crippen LogP contribution in [0.25, 0.3) is 0 Å². The number of aliphatic carboxylic acids is 1. The first kappa shape index (κ1) is 52.2. The number of rotatable bonds is 38. The van der Waals surface area contributed by atoms with Crippen molar-refractivity contribution in [2.24, 2.45) is 5.73 Å². The highest BCUT2D eigenvalue weighted by Crippen LogP contribution is 2.43. The Bertz CT molecular complexity index is 1260. The molecule has 0 spiro atoms. The molecule has 0 radical (unpaired) electrons. The molecule has 12 nitrogen and oxygen atoms in total. The van der Waals surface area contributed by atoms with Gasteiger partial charge in [0, 0.05) is 12.8 Å². The lowest BCUT2D eigenvalue weighted by molar-refractivity contribution is -0.161. The molecule has 0 aromatic heterocycles. The lowest BCUT2D eigenvalue weighted by Crippen LogP contribution is -2.34. The first-order chi connectivity index (χ1) is 27.6. The Kier molecular flexibility index (Phi) is 32.1. The maximum absolute atomic E-state index is 12.6. The molecule has 1 heterocycles. The number of hydrogen-bond acceptors (Lipinski definition) is 10. The van der Waals surface area contributed by atoms with E-state index in [1.54, 1.807) is 0 Å². The van der Waals surface area contributed by atoms with Crippen molar-refractivity contribution in [3.63, 3.8) is 0 Å². The summed E-state index contributed by atoms with van der Waals surface area (Å²) in [4.78, 5) is 46.0. The molecular formula is C44H74NO11P. The lowest BCUT2D eigenvalue weighted by atomic mass is 10.1. The number of carbonyl (C=O) groups is 3. The van der Waals surface area contributed by atoms with E-state index in [1.807, 2.05) is 12.2 Å². The second-order valence-corrected chi connectivity index (χ2v) is 16.0. The zero-order chi connectivity index (χ0) is 41.8. The van der Waals surface area contributed by atoms with Crippen LogP contribution in [0.3, 0.4) is 0 Å². The molecule has 0 bridgehead atoms. The predicted molar refractivity (Wildman–Crippen MR) is 225 cm³/mol. The summed E-state index contributed by atoms with van der Waals surface area (Å²) in [6, 6.07) is -1.54. The van der Waals surface area contributed by atoms with Crippen LogP contribution in [-0.2, 0) is 42.2 Å². The Hall–Kier alpha value is -2.86. The monoisotopic (exact) mass is 823 g/mol. The standard InChI is InChI=1S/C44H74NO11P/c1-3-5-7-9-11-12-13-14-15-16-17-18-19-20-21-25-29-33-42(46)52-35-38(36-53-57(50,51)54-37-39(45)44(48)49)55-43(47)34-30-26-22-24-28-32-41-40(56-41)31-27-23-10-8-6-4-2/h11-12,14-15,17-18,20-21,23,27,38-41H,3-10,13,16,19,22,24-26,28-37,45H2,1-2H3,(H,48,49)(H,50,51)/b12-11-,15-14-,18-17-,21-20-,27-23-/t38-,39+,40?,41?/m1/s1. The van der Waals surface area contributed by atoms with Crippen LogP contribution < -0.4 is 5.73 Å². The number of epoxide rings is 1. The van der Waals surface area contributed by atoms with Crippen LogP contribution in [0.15, 0.2) is 60.8 Å². The van der Waals surface area contributed by atoms with Gasteiger partial charge < -0.3 is 29.9 Å². The molecule has 13 heteroatoms. The molecule has 1 saturated heterocycles. The van der Waals surface area contributed by atoms with Gasteiger partial charge in [-0.15, -0.1) is 0 Å². The largest absolute Gasteiger partial charge is 0.480 e. The molecule has 1 aliphatic heterocycles. The van der Waals surface area contributed by atoms with Gasteiger partial charge in [-0.05, 0) is 77.0 Å². The topological polar surface area (TPSA) is 184 Å². The maximum Gasteiger partial charge on any atom is 0.472 e. The SMILES string of the molecule is CCCCC/C=C\C/C=C\C/C=C\C/C=C\CCCC(=O)OC[C@H](COP(=O)(O)OC[C@H](N)C(=O)O)OC(=O)CCCCCCCC1OC1C/C=C\CCCCC. The van der Waals surface area contributed by atoms with Crippen LogP contribution in [0.2, 0.25) is 0 Å². The summed E-state index contributed by atoms with van der Waals surface area (Å²) in [5, 5.41) is 8.89. The van der Waals surface area contributed by atoms with Crippen LogP contribution in [0.4, 0.5) is 0 Å². The van der Waals surface area contributed by atoms with Gasteiger partial charge in [0.2, 0.25) is 0 Å². The molecular weight excluding hydrogens is 749 g/mol. The molecule has 3 unspecified atom stereocenters. The van der Waals surface area contributed by atoms with Gasteiger partial charge in [0.05, 0.1) is 25.4 Å². The molecule has 57 heavy (non-hydrogen) atoms. The van der Waals surface area contributed by atoms with Gasteiger partial charge in [-0.3, -0.25) is 23.4 Å². The first-order valence-electron chi connectivity index (χ1n) is 21.4. The predicted octanol–water partition coefficient (Wildman–Crippen LogP) is 10.2. The molecule has 4 N–H and O–H groups in total. The normalized spacial score (nSPS) is 17.9. The fraction of sp³-hybridized carbons (Fsp3) is 0.705. The third-order valence-corrected chi connectivity index (χ3v) is 10.1. The number of phosphoric acid groups is 1. The van der Waals surface area contributed by atoms with E-state index in [1.165, 1.54) is 38.5 Å². The number of carboxylic acid groups (broad SMARTS) is 1. The summed E-state index contributed by atoms with van der Waals surface area (Å²) in [6.45, 7) is 2.65. The highest BCUT2D eigenvalue weighted by Gasteiger charge is 2.36. The Balaban J connectivity index is 2.35. The first-order valence-corrected chi connectivity index (χ1v) is 22.9. The number of nitrogens with two attached hydrogens (primary N) is 1. The number of carboxylic acids is 1. The number of unbranched alkanes of at least 4 members (excludes halogenated alkanes) is 11. The smallest absolute Gasteiger partial charge is 0.472 e. The molecule has 0 aliphatic carbocycles. The summed E-state index contributed by atoms with van der Waals surface area (Å²) >= 11 is 0. The van der Waals surface area contributed by atoms with Crippen LogP contribution in [0, 0.1) is 0 Å². The summed E-state index contributed by atoms with van der Waals surface area (Å²) in [5.41, 5.74) is 5.33. The quantitative estimate of drug-likeness (QED) is 0.0176. The number of ether oxygens (including phenoxy) is 3. The van der Waals surface area contributed by atoms with Gasteiger partial charge in [-0.1, -0.05) is 126 Å². The van der Waals surface area contributed by atoms with E-state index in [0.717, 1.165) is 70.6 Å². The minimum Gasteiger partial charge on any atom is -0.480 e. The molecule has 0 aromatic rings. The lowest BCUT2D eigenvalue weighted by Gasteiger charge is -2.20. The maximum atomic E-state index is 12.6. The number of carbonyl (C=O) groups excluding carboxylic acids is 2. The van der Waals surface area contributed by atoms with E-state index in [-0.39, 0.29) is 19.4 Å². The third kappa shape index (κ3) is 32.8. The van der Waals surface area contributed by atoms with Gasteiger partial charge >= 0.3 is 25.7 Å². The number of allylic oxidation sites excluding steroid dienone is 9. The zero-order valence-corrected chi connectivity index (χ0v) is 35.7. The van der Waals surface area contributed by atoms with Crippen LogP contribution >= 0.6 is 7.82 Å². The van der Waals surface area contributed by atoms with Gasteiger partial charge in [-0.25, -0.2) is 4.57 Å². The van der Waals surface area contributed by atoms with Gasteiger partial charge in [-0.2, -0.15) is 0 Å². The van der Waals surface area contributed by atoms with Crippen molar-refractivity contribution in [1.82, 2.24) is 0 Å². The van der Waals surface area contributed by atoms with Crippen LogP contribution in [-0.4, -0.2) is 72.1 Å². The average Bonchev–Trinajstić information content (AvgIpc) is 3.94. The molecule has 0 saturated carbocycles. The van der Waals surface area contributed by atoms with Crippen molar-refractivity contribution in [1.29, 1.82) is 0 Å². The van der Waals surface area contributed by atoms with Crippen molar-refractivity contribution < 1.29 is 52.2 Å². The molecule has 1 rings (SSSR count). The Labute approximate surface area is 343 Å². The molecule has 1 fully saturated rings. The Morgan fingerprint density at radius 1 is 0.649 bits per heavy atom. The van der Waals surface area contributed by atoms with Crippen molar-refractivity contribution in [3.05, 3.63) is 60.8 Å². The minimum atomic E-state index is -4.74. The number of hydrogen-bond donors (Lipinski definition) is 3. The number of esters is 2. The van der Waals surface area contributed by atoms with E-state index in [2.05, 4.69) is 67.0 Å². The van der Waals surface area contributed by atoms with Crippen molar-refractivity contribution >= 4 is 25.7 Å². The highest BCUT2D eigenvalue weighted by atomic mass is 31.2. The molecule has 326 valence electrons. The average molecular weight is 824 g/mol. The van der Waals surface area contributed by atoms with E-state index in [9.17, 15) is 23.8 Å². The molecule has 5 atom stereocenters. The van der Waals surface area contributed by atoms with E-state index >= 15 is 0 Å². The van der Waals surface area contributed by atoms with Gasteiger partial charge in [0.25, 0.3) is 0 Å². The molecule has 0 amide bonds. The summed E-state index contributed by atoms with van der Waals surface area (Å²) in [7, 11) is -4.74. The summed E-state index contributed by atoms with van der Waals surface area (Å²) < 4.78 is 38.4. The van der Waals surface area contributed by atoms with E-state index in [0.29, 0.717) is 31.5 Å². The van der Waals surface area contributed by atoms with E-state index in [4.69, 9.17) is 29.6 Å². The summed E-state index contributed by atoms with van der Waals surface area (Å²) in [5.74, 6) is -2.48. The molecule has 0 aromatic carbocycles. The Morgan fingerprint density at radius 2 is 1.18 bits per heavy atom. The van der Waals surface area contributed by atoms with Crippen molar-refractivity contribution in [2.75, 3.05) is 19.8 Å². The Morgan fingerprint density at radius 3 is 1.79 bits per heavy atom. The second-order valence-electron chi connectivity index (χ2n) is 14.5. The van der Waals surface area contributed by atoms with Crippen LogP contribution in [0.1, 0.15) is 155 Å². The van der Waals surface area contributed by atoms with Gasteiger partial charge in [0.15, 0.2) is 6.10 Å². The summed E-state index contributed by atoms with van der Waals surface area (Å²) in [6.07, 6.45) is 41.7. The third-order valence-electron chi connectivity index (χ3n) is 9.16. The van der Waals surface area contributed by atoms with E-state index < -0.39 is 51.1 Å².